The van der Waals surface area contributed by atoms with Gasteiger partial charge in [0, 0.05) is 17.8 Å². The molecule has 2 aromatic rings. The zero-order chi connectivity index (χ0) is 20.9. The number of alkyl halides is 3. The highest BCUT2D eigenvalue weighted by Gasteiger charge is 2.32. The van der Waals surface area contributed by atoms with Crippen molar-refractivity contribution < 1.29 is 21.6 Å². The molecule has 0 radical (unpaired) electrons. The second-order valence-electron chi connectivity index (χ2n) is 6.83. The van der Waals surface area contributed by atoms with E-state index in [1.54, 1.807) is 13.8 Å². The van der Waals surface area contributed by atoms with Crippen LogP contribution in [-0.4, -0.2) is 28.9 Å². The zero-order valence-electron chi connectivity index (χ0n) is 15.5. The minimum absolute atomic E-state index is 0.00539. The maximum absolute atomic E-state index is 13.1. The molecule has 0 aliphatic carbocycles. The number of aromatic nitrogens is 2. The third-order valence-electron chi connectivity index (χ3n) is 4.49. The molecule has 1 aliphatic rings. The van der Waals surface area contributed by atoms with Crippen molar-refractivity contribution in [1.82, 2.24) is 14.3 Å². The number of nitrogens with one attached hydrogen (secondary N) is 1. The van der Waals surface area contributed by atoms with Gasteiger partial charge in [-0.05, 0) is 37.6 Å². The number of rotatable bonds is 4. The number of fused-ring (bicyclic) bond motifs is 1. The van der Waals surface area contributed by atoms with Gasteiger partial charge in [0.25, 0.3) is 0 Å². The smallest absolute Gasteiger partial charge is 0.399 e. The fourth-order valence-electron chi connectivity index (χ4n) is 3.08. The van der Waals surface area contributed by atoms with Crippen molar-refractivity contribution in [2.24, 2.45) is 0 Å². The highest BCUT2D eigenvalue weighted by molar-refractivity contribution is 7.88. The van der Waals surface area contributed by atoms with Gasteiger partial charge >= 0.3 is 6.18 Å². The van der Waals surface area contributed by atoms with Crippen LogP contribution in [0.15, 0.2) is 18.2 Å². The first-order valence-corrected chi connectivity index (χ1v) is 10.2. The summed E-state index contributed by atoms with van der Waals surface area (Å²) in [6.07, 6.45) is -3.40. The zero-order valence-corrected chi connectivity index (χ0v) is 16.3. The topological polar surface area (TPSA) is 101 Å². The number of sulfonamides is 1. The number of hydrogen-bond donors (Lipinski definition) is 2. The maximum atomic E-state index is 13.1. The molecule has 28 heavy (non-hydrogen) atoms. The first-order chi connectivity index (χ1) is 12.8. The van der Waals surface area contributed by atoms with Crippen molar-refractivity contribution in [3.05, 3.63) is 46.4 Å². The molecule has 3 rings (SSSR count). The molecular formula is C17H20F3N5O2S. The van der Waals surface area contributed by atoms with Gasteiger partial charge in [-0.1, -0.05) is 0 Å². The summed E-state index contributed by atoms with van der Waals surface area (Å²) in [5.41, 5.74) is 6.35. The maximum Gasteiger partial charge on any atom is 0.416 e. The molecule has 3 N–H and O–H groups in total. The molecule has 0 spiro atoms. The van der Waals surface area contributed by atoms with Crippen LogP contribution in [-0.2, 0) is 29.3 Å². The lowest BCUT2D eigenvalue weighted by Gasteiger charge is -2.19. The molecule has 0 unspecified atom stereocenters. The lowest BCUT2D eigenvalue weighted by atomic mass is 10.0. The molecule has 11 heteroatoms. The van der Waals surface area contributed by atoms with Gasteiger partial charge in [-0.2, -0.15) is 17.5 Å². The predicted octanol–water partition coefficient (Wildman–Crippen LogP) is 2.83. The minimum atomic E-state index is -4.51. The van der Waals surface area contributed by atoms with Crippen LogP contribution in [0.4, 0.5) is 24.7 Å². The molecule has 7 nitrogen and oxygen atoms in total. The second kappa shape index (κ2) is 6.89. The summed E-state index contributed by atoms with van der Waals surface area (Å²) in [6.45, 7) is 3.59. The number of nitrogens with two attached hydrogens (primary N) is 1. The van der Waals surface area contributed by atoms with Crippen LogP contribution >= 0.6 is 0 Å². The van der Waals surface area contributed by atoms with Gasteiger partial charge < -0.3 is 11.1 Å². The number of anilines is 2. The number of halogens is 3. The third kappa shape index (κ3) is 4.20. The van der Waals surface area contributed by atoms with Crippen LogP contribution in [0.3, 0.4) is 0 Å². The number of nitrogen functional groups attached to an aromatic ring is 1. The summed E-state index contributed by atoms with van der Waals surface area (Å²) in [6, 6.07) is 2.83. The summed E-state index contributed by atoms with van der Waals surface area (Å²) >= 11 is 0. The van der Waals surface area contributed by atoms with Crippen LogP contribution in [0, 0.1) is 6.92 Å². The third-order valence-corrected chi connectivity index (χ3v) is 5.69. The van der Waals surface area contributed by atoms with E-state index in [0.29, 0.717) is 28.5 Å². The van der Waals surface area contributed by atoms with E-state index in [0.717, 1.165) is 18.4 Å². The number of benzene rings is 1. The van der Waals surface area contributed by atoms with Gasteiger partial charge in [0.2, 0.25) is 10.0 Å². The highest BCUT2D eigenvalue weighted by atomic mass is 32.2. The quantitative estimate of drug-likeness (QED) is 0.745. The van der Waals surface area contributed by atoms with E-state index < -0.39 is 27.8 Å². The van der Waals surface area contributed by atoms with Gasteiger partial charge in [-0.3, -0.25) is 0 Å². The molecule has 2 heterocycles. The van der Waals surface area contributed by atoms with Gasteiger partial charge in [-0.25, -0.2) is 18.4 Å². The van der Waals surface area contributed by atoms with Crippen molar-refractivity contribution in [3.8, 4) is 0 Å². The van der Waals surface area contributed by atoms with E-state index in [-0.39, 0.29) is 18.8 Å². The fourth-order valence-corrected chi connectivity index (χ4v) is 3.80. The lowest BCUT2D eigenvalue weighted by molar-refractivity contribution is -0.137. The summed E-state index contributed by atoms with van der Waals surface area (Å²) in [4.78, 5) is 8.62. The van der Waals surface area contributed by atoms with Gasteiger partial charge in [0.1, 0.15) is 11.6 Å². The van der Waals surface area contributed by atoms with Crippen molar-refractivity contribution in [3.63, 3.8) is 0 Å². The average molecular weight is 415 g/mol. The van der Waals surface area contributed by atoms with Crippen molar-refractivity contribution in [2.75, 3.05) is 17.3 Å². The van der Waals surface area contributed by atoms with Crippen molar-refractivity contribution in [2.45, 2.75) is 39.2 Å². The SMILES string of the molecule is Cc1nc2c(c(N[C@H](C)c3cc(N)cc(C(F)(F)F)c3)n1)CN(S(C)(=O)=O)C2. The Kier molecular flexibility index (Phi) is 5.00. The molecule has 1 atom stereocenters. The minimum Gasteiger partial charge on any atom is -0.399 e. The highest BCUT2D eigenvalue weighted by Crippen LogP contribution is 2.34. The molecule has 0 amide bonds. The van der Waals surface area contributed by atoms with Crippen molar-refractivity contribution >= 4 is 21.5 Å². The molecule has 0 saturated carbocycles. The summed E-state index contributed by atoms with van der Waals surface area (Å²) in [5, 5.41) is 3.08. The molecule has 152 valence electrons. The summed E-state index contributed by atoms with van der Waals surface area (Å²) in [5.74, 6) is 0.837. The van der Waals surface area contributed by atoms with E-state index in [1.165, 1.54) is 10.4 Å². The Morgan fingerprint density at radius 1 is 1.21 bits per heavy atom. The first kappa shape index (κ1) is 20.3. The Labute approximate surface area is 160 Å². The Balaban J connectivity index is 1.93. The monoisotopic (exact) mass is 415 g/mol. The molecule has 1 aliphatic heterocycles. The lowest BCUT2D eigenvalue weighted by Crippen LogP contribution is -2.24. The van der Waals surface area contributed by atoms with E-state index in [1.807, 2.05) is 0 Å². The van der Waals surface area contributed by atoms with Crippen LogP contribution in [0.1, 0.15) is 41.2 Å². The average Bonchev–Trinajstić information content (AvgIpc) is 2.97. The Morgan fingerprint density at radius 2 is 1.89 bits per heavy atom. The first-order valence-electron chi connectivity index (χ1n) is 8.40. The standard InChI is InChI=1S/C17H20F3N5O2S/c1-9(11-4-12(17(18,19)20)6-13(21)5-11)22-16-14-7-25(28(3,26)27)8-15(14)23-10(2)24-16/h4-6,9H,7-8,21H2,1-3H3,(H,22,23,24)/t9-/m1/s1. The molecule has 0 fully saturated rings. The fraction of sp³-hybridized carbons (Fsp3) is 0.412. The number of hydrogen-bond acceptors (Lipinski definition) is 6. The largest absolute Gasteiger partial charge is 0.416 e. The normalized spacial score (nSPS) is 16.1. The van der Waals surface area contributed by atoms with Crippen LogP contribution in [0.2, 0.25) is 0 Å². The predicted molar refractivity (Wildman–Crippen MR) is 98.8 cm³/mol. The van der Waals surface area contributed by atoms with Gasteiger partial charge in [-0.15, -0.1) is 0 Å². The number of aryl methyl sites for hydroxylation is 1. The van der Waals surface area contributed by atoms with E-state index in [4.69, 9.17) is 5.73 Å². The van der Waals surface area contributed by atoms with Crippen molar-refractivity contribution in [1.29, 1.82) is 0 Å². The Morgan fingerprint density at radius 3 is 2.50 bits per heavy atom. The molecular weight excluding hydrogens is 395 g/mol. The Hall–Kier alpha value is -2.40. The van der Waals surface area contributed by atoms with E-state index in [9.17, 15) is 21.6 Å². The van der Waals surface area contributed by atoms with Gasteiger partial charge in [0.05, 0.1) is 30.1 Å². The molecule has 0 bridgehead atoms. The Bertz CT molecular complexity index is 1020. The summed E-state index contributed by atoms with van der Waals surface area (Å²) < 4.78 is 64.2. The van der Waals surface area contributed by atoms with Crippen LogP contribution in [0.25, 0.3) is 0 Å². The van der Waals surface area contributed by atoms with Crippen LogP contribution in [0.5, 0.6) is 0 Å². The van der Waals surface area contributed by atoms with Gasteiger partial charge in [0.15, 0.2) is 0 Å². The van der Waals surface area contributed by atoms with E-state index in [2.05, 4.69) is 15.3 Å². The van der Waals surface area contributed by atoms with Crippen LogP contribution < -0.4 is 11.1 Å². The second-order valence-corrected chi connectivity index (χ2v) is 8.81. The molecule has 1 aromatic heterocycles. The summed E-state index contributed by atoms with van der Waals surface area (Å²) in [7, 11) is -3.41. The molecule has 0 saturated heterocycles. The molecule has 1 aromatic carbocycles. The number of nitrogens with zero attached hydrogens (tertiary/aromatic N) is 3. The van der Waals surface area contributed by atoms with E-state index >= 15 is 0 Å².